The van der Waals surface area contributed by atoms with E-state index in [1.807, 2.05) is 36.1 Å². The first-order valence-corrected chi connectivity index (χ1v) is 7.50. The topological polar surface area (TPSA) is 75.4 Å². The Labute approximate surface area is 136 Å². The van der Waals surface area contributed by atoms with Gasteiger partial charge in [0.15, 0.2) is 0 Å². The number of halogens is 1. The van der Waals surface area contributed by atoms with Crippen LogP contribution in [0.3, 0.4) is 0 Å². The van der Waals surface area contributed by atoms with E-state index in [2.05, 4.69) is 5.32 Å². The molecule has 5 nitrogen and oxygen atoms in total. The quantitative estimate of drug-likeness (QED) is 0.888. The molecule has 1 aliphatic carbocycles. The lowest BCUT2D eigenvalue weighted by Gasteiger charge is -2.20. The fourth-order valence-corrected chi connectivity index (χ4v) is 2.67. The molecule has 0 bridgehead atoms. The molecule has 22 heavy (non-hydrogen) atoms. The predicted molar refractivity (Wildman–Crippen MR) is 88.0 cm³/mol. The zero-order valence-corrected chi connectivity index (χ0v) is 13.5. The van der Waals surface area contributed by atoms with Crippen LogP contribution in [0.15, 0.2) is 24.3 Å². The van der Waals surface area contributed by atoms with Gasteiger partial charge in [0, 0.05) is 18.7 Å². The number of amides is 2. The molecule has 1 aromatic carbocycles. The lowest BCUT2D eigenvalue weighted by Crippen LogP contribution is -2.43. The molecule has 1 unspecified atom stereocenters. The van der Waals surface area contributed by atoms with E-state index in [9.17, 15) is 9.59 Å². The molecule has 120 valence electrons. The maximum atomic E-state index is 12.0. The first-order valence-electron chi connectivity index (χ1n) is 7.50. The second-order valence-electron chi connectivity index (χ2n) is 6.10. The van der Waals surface area contributed by atoms with E-state index in [4.69, 9.17) is 5.73 Å². The van der Waals surface area contributed by atoms with Crippen LogP contribution in [0, 0.1) is 0 Å². The van der Waals surface area contributed by atoms with Crippen LogP contribution in [0.2, 0.25) is 0 Å². The first-order chi connectivity index (χ1) is 9.99. The van der Waals surface area contributed by atoms with Crippen molar-refractivity contribution in [3.63, 3.8) is 0 Å². The molecule has 1 aliphatic heterocycles. The van der Waals surface area contributed by atoms with Crippen molar-refractivity contribution in [2.24, 2.45) is 5.73 Å². The van der Waals surface area contributed by atoms with Crippen LogP contribution in [-0.2, 0) is 9.59 Å². The van der Waals surface area contributed by atoms with Crippen LogP contribution < -0.4 is 16.0 Å². The average Bonchev–Trinajstić information content (AvgIpc) is 3.08. The maximum absolute atomic E-state index is 12.0. The Morgan fingerprint density at radius 2 is 2.14 bits per heavy atom. The number of carbonyl (C=O) groups is 2. The lowest BCUT2D eigenvalue weighted by molar-refractivity contribution is -0.124. The van der Waals surface area contributed by atoms with Crippen molar-refractivity contribution in [1.82, 2.24) is 5.32 Å². The minimum atomic E-state index is -0.656. The van der Waals surface area contributed by atoms with E-state index in [0.29, 0.717) is 6.42 Å². The second kappa shape index (κ2) is 6.26. The standard InChI is InChI=1S/C16H21N3O2.ClH/c1-11(18-15(21)16(17)7-8-16)12-4-2-5-13(10-12)19-9-3-6-14(19)20;/h2,4-5,10-11H,3,6-9,17H2,1H3,(H,18,21);1H. The molecule has 2 amide bonds. The average molecular weight is 324 g/mol. The number of hydrogen-bond donors (Lipinski definition) is 2. The van der Waals surface area contributed by atoms with Crippen molar-refractivity contribution < 1.29 is 9.59 Å². The van der Waals surface area contributed by atoms with Crippen LogP contribution in [0.1, 0.15) is 44.2 Å². The van der Waals surface area contributed by atoms with Gasteiger partial charge in [-0.2, -0.15) is 0 Å². The Balaban J connectivity index is 0.00000176. The van der Waals surface area contributed by atoms with Crippen molar-refractivity contribution in [3.8, 4) is 0 Å². The molecule has 1 saturated carbocycles. The molecule has 0 aromatic heterocycles. The van der Waals surface area contributed by atoms with Gasteiger partial charge in [0.1, 0.15) is 0 Å². The van der Waals surface area contributed by atoms with Gasteiger partial charge >= 0.3 is 0 Å². The van der Waals surface area contributed by atoms with Crippen LogP contribution in [-0.4, -0.2) is 23.9 Å². The summed E-state index contributed by atoms with van der Waals surface area (Å²) in [7, 11) is 0. The van der Waals surface area contributed by atoms with E-state index < -0.39 is 5.54 Å². The summed E-state index contributed by atoms with van der Waals surface area (Å²) in [5.41, 5.74) is 7.14. The summed E-state index contributed by atoms with van der Waals surface area (Å²) in [6, 6.07) is 7.69. The van der Waals surface area contributed by atoms with Crippen LogP contribution in [0.5, 0.6) is 0 Å². The SMILES string of the molecule is CC(NC(=O)C1(N)CC1)c1cccc(N2CCCC2=O)c1.Cl. The second-order valence-corrected chi connectivity index (χ2v) is 6.10. The van der Waals surface area contributed by atoms with Gasteiger partial charge in [-0.15, -0.1) is 12.4 Å². The first kappa shape index (κ1) is 16.8. The number of anilines is 1. The van der Waals surface area contributed by atoms with Crippen molar-refractivity contribution in [2.45, 2.75) is 44.2 Å². The highest BCUT2D eigenvalue weighted by molar-refractivity contribution is 5.95. The number of carbonyl (C=O) groups excluding carboxylic acids is 2. The number of benzene rings is 1. The molecule has 2 fully saturated rings. The summed E-state index contributed by atoms with van der Waals surface area (Å²) < 4.78 is 0. The van der Waals surface area contributed by atoms with Crippen molar-refractivity contribution in [2.75, 3.05) is 11.4 Å². The third-order valence-electron chi connectivity index (χ3n) is 4.34. The molecule has 3 rings (SSSR count). The molecule has 1 atom stereocenters. The number of nitrogens with one attached hydrogen (secondary N) is 1. The highest BCUT2D eigenvalue weighted by atomic mass is 35.5. The van der Waals surface area contributed by atoms with Gasteiger partial charge in [0.05, 0.1) is 11.6 Å². The highest BCUT2D eigenvalue weighted by Crippen LogP contribution is 2.33. The molecule has 1 heterocycles. The number of nitrogens with two attached hydrogens (primary N) is 1. The van der Waals surface area contributed by atoms with E-state index in [-0.39, 0.29) is 30.3 Å². The van der Waals surface area contributed by atoms with Crippen molar-refractivity contribution in [3.05, 3.63) is 29.8 Å². The lowest BCUT2D eigenvalue weighted by atomic mass is 10.1. The number of hydrogen-bond acceptors (Lipinski definition) is 3. The summed E-state index contributed by atoms with van der Waals surface area (Å²) in [5, 5.41) is 2.96. The molecule has 0 spiro atoms. The van der Waals surface area contributed by atoms with Crippen molar-refractivity contribution >= 4 is 29.9 Å². The minimum absolute atomic E-state index is 0. The van der Waals surface area contributed by atoms with E-state index in [1.165, 1.54) is 0 Å². The fraction of sp³-hybridized carbons (Fsp3) is 0.500. The molecule has 6 heteroatoms. The monoisotopic (exact) mass is 323 g/mol. The van der Waals surface area contributed by atoms with Gasteiger partial charge in [0.2, 0.25) is 11.8 Å². The summed E-state index contributed by atoms with van der Waals surface area (Å²) >= 11 is 0. The summed E-state index contributed by atoms with van der Waals surface area (Å²) in [5.74, 6) is 0.0837. The smallest absolute Gasteiger partial charge is 0.240 e. The summed E-state index contributed by atoms with van der Waals surface area (Å²) in [6.45, 7) is 2.71. The zero-order valence-electron chi connectivity index (χ0n) is 12.7. The molecule has 0 radical (unpaired) electrons. The highest BCUT2D eigenvalue weighted by Gasteiger charge is 2.46. The molecular weight excluding hydrogens is 302 g/mol. The predicted octanol–water partition coefficient (Wildman–Crippen LogP) is 1.90. The summed E-state index contributed by atoms with van der Waals surface area (Å²) in [6.07, 6.45) is 3.04. The van der Waals surface area contributed by atoms with Gasteiger partial charge in [-0.05, 0) is 43.9 Å². The Morgan fingerprint density at radius 1 is 1.41 bits per heavy atom. The normalized spacial score (nSPS) is 20.3. The van der Waals surface area contributed by atoms with Crippen LogP contribution in [0.25, 0.3) is 0 Å². The van der Waals surface area contributed by atoms with Gasteiger partial charge < -0.3 is 16.0 Å². The third kappa shape index (κ3) is 3.25. The van der Waals surface area contributed by atoms with E-state index >= 15 is 0 Å². The van der Waals surface area contributed by atoms with Gasteiger partial charge in [0.25, 0.3) is 0 Å². The Hall–Kier alpha value is -1.59. The third-order valence-corrected chi connectivity index (χ3v) is 4.34. The maximum Gasteiger partial charge on any atom is 0.240 e. The van der Waals surface area contributed by atoms with Gasteiger partial charge in [-0.1, -0.05) is 12.1 Å². The van der Waals surface area contributed by atoms with Crippen LogP contribution >= 0.6 is 12.4 Å². The Morgan fingerprint density at radius 3 is 2.73 bits per heavy atom. The summed E-state index contributed by atoms with van der Waals surface area (Å²) in [4.78, 5) is 25.6. The minimum Gasteiger partial charge on any atom is -0.348 e. The van der Waals surface area contributed by atoms with Crippen LogP contribution in [0.4, 0.5) is 5.69 Å². The Bertz CT molecular complexity index is 587. The molecular formula is C16H22ClN3O2. The zero-order chi connectivity index (χ0) is 15.0. The van der Waals surface area contributed by atoms with E-state index in [0.717, 1.165) is 37.1 Å². The Kier molecular flexibility index (Phi) is 4.78. The molecule has 3 N–H and O–H groups in total. The van der Waals surface area contributed by atoms with Gasteiger partial charge in [-0.25, -0.2) is 0 Å². The molecule has 2 aliphatic rings. The van der Waals surface area contributed by atoms with Gasteiger partial charge in [-0.3, -0.25) is 9.59 Å². The molecule has 1 aromatic rings. The van der Waals surface area contributed by atoms with E-state index in [1.54, 1.807) is 0 Å². The number of nitrogens with zero attached hydrogens (tertiary/aromatic N) is 1. The number of rotatable bonds is 4. The fourth-order valence-electron chi connectivity index (χ4n) is 2.67. The largest absolute Gasteiger partial charge is 0.348 e. The molecule has 1 saturated heterocycles. The van der Waals surface area contributed by atoms with Crippen molar-refractivity contribution in [1.29, 1.82) is 0 Å².